The normalized spacial score (nSPS) is 10.5. The zero-order valence-corrected chi connectivity index (χ0v) is 11.5. The first-order chi connectivity index (χ1) is 10.2. The molecule has 7 nitrogen and oxygen atoms in total. The number of furan rings is 1. The summed E-state index contributed by atoms with van der Waals surface area (Å²) in [5.74, 6) is 0.855. The number of nitrogens with one attached hydrogen (secondary N) is 2. The maximum atomic E-state index is 11.8. The lowest BCUT2D eigenvalue weighted by Crippen LogP contribution is -2.22. The highest BCUT2D eigenvalue weighted by molar-refractivity contribution is 6.29. The molecule has 0 atom stereocenters. The Bertz CT molecular complexity index is 753. The number of halogens is 1. The monoisotopic (exact) mass is 303 g/mol. The van der Waals surface area contributed by atoms with Crippen molar-refractivity contribution in [2.45, 2.75) is 6.54 Å². The van der Waals surface area contributed by atoms with Gasteiger partial charge in [-0.05, 0) is 35.9 Å². The number of aromatic amines is 1. The molecule has 106 valence electrons. The van der Waals surface area contributed by atoms with Crippen molar-refractivity contribution in [3.05, 3.63) is 53.5 Å². The quantitative estimate of drug-likeness (QED) is 0.769. The Kier molecular flexibility index (Phi) is 3.65. The Labute approximate surface area is 124 Å². The fourth-order valence-electron chi connectivity index (χ4n) is 1.69. The lowest BCUT2D eigenvalue weighted by atomic mass is 10.2. The first-order valence-corrected chi connectivity index (χ1v) is 6.45. The number of rotatable bonds is 4. The van der Waals surface area contributed by atoms with Crippen molar-refractivity contribution in [1.29, 1.82) is 0 Å². The zero-order chi connectivity index (χ0) is 14.7. The number of H-pyrrole nitrogens is 1. The van der Waals surface area contributed by atoms with Crippen molar-refractivity contribution in [2.24, 2.45) is 0 Å². The van der Waals surface area contributed by atoms with Crippen LogP contribution in [0.1, 0.15) is 16.4 Å². The first kappa shape index (κ1) is 13.3. The van der Waals surface area contributed by atoms with Gasteiger partial charge in [0.05, 0.1) is 6.54 Å². The minimum atomic E-state index is -0.372. The van der Waals surface area contributed by atoms with Crippen LogP contribution in [0.2, 0.25) is 5.22 Å². The molecule has 3 aromatic heterocycles. The van der Waals surface area contributed by atoms with E-state index in [1.54, 1.807) is 24.5 Å². The topological polar surface area (TPSA) is 96.7 Å². The van der Waals surface area contributed by atoms with Gasteiger partial charge in [0, 0.05) is 18.0 Å². The molecule has 0 aliphatic heterocycles. The van der Waals surface area contributed by atoms with Crippen LogP contribution in [0.3, 0.4) is 0 Å². The molecule has 3 heterocycles. The molecule has 2 N–H and O–H groups in total. The molecular formula is C13H10ClN5O2. The third-order valence-corrected chi connectivity index (χ3v) is 2.89. The highest BCUT2D eigenvalue weighted by Gasteiger charge is 2.11. The summed E-state index contributed by atoms with van der Waals surface area (Å²) in [4.78, 5) is 20.0. The maximum absolute atomic E-state index is 11.8. The third-order valence-electron chi connectivity index (χ3n) is 2.68. The van der Waals surface area contributed by atoms with Crippen LogP contribution in [-0.4, -0.2) is 26.1 Å². The second kappa shape index (κ2) is 5.76. The molecule has 3 rings (SSSR count). The molecule has 0 radical (unpaired) electrons. The summed E-state index contributed by atoms with van der Waals surface area (Å²) in [7, 11) is 0. The van der Waals surface area contributed by atoms with Gasteiger partial charge in [-0.3, -0.25) is 14.9 Å². The van der Waals surface area contributed by atoms with Crippen LogP contribution < -0.4 is 5.32 Å². The van der Waals surface area contributed by atoms with Crippen molar-refractivity contribution < 1.29 is 9.21 Å². The average molecular weight is 304 g/mol. The molecule has 1 amide bonds. The van der Waals surface area contributed by atoms with E-state index in [1.165, 1.54) is 12.1 Å². The van der Waals surface area contributed by atoms with Gasteiger partial charge in [0.2, 0.25) is 0 Å². The van der Waals surface area contributed by atoms with E-state index in [4.69, 9.17) is 16.0 Å². The van der Waals surface area contributed by atoms with Crippen molar-refractivity contribution in [1.82, 2.24) is 25.5 Å². The number of hydrogen-bond acceptors (Lipinski definition) is 5. The van der Waals surface area contributed by atoms with Crippen molar-refractivity contribution in [2.75, 3.05) is 0 Å². The van der Waals surface area contributed by atoms with Gasteiger partial charge in [-0.1, -0.05) is 0 Å². The summed E-state index contributed by atoms with van der Waals surface area (Å²) in [5, 5.41) is 9.67. The van der Waals surface area contributed by atoms with Gasteiger partial charge in [-0.15, -0.1) is 0 Å². The van der Waals surface area contributed by atoms with Gasteiger partial charge < -0.3 is 9.73 Å². The molecule has 3 aromatic rings. The van der Waals surface area contributed by atoms with Gasteiger partial charge >= 0.3 is 0 Å². The third kappa shape index (κ3) is 3.09. The molecule has 0 aliphatic rings. The summed E-state index contributed by atoms with van der Waals surface area (Å²) in [6.07, 6.45) is 3.32. The summed E-state index contributed by atoms with van der Waals surface area (Å²) >= 11 is 5.61. The van der Waals surface area contributed by atoms with E-state index in [-0.39, 0.29) is 23.4 Å². The van der Waals surface area contributed by atoms with Crippen LogP contribution in [0.25, 0.3) is 11.4 Å². The fourth-order valence-corrected chi connectivity index (χ4v) is 1.84. The predicted molar refractivity (Wildman–Crippen MR) is 74.5 cm³/mol. The van der Waals surface area contributed by atoms with Crippen molar-refractivity contribution in [3.63, 3.8) is 0 Å². The molecule has 0 spiro atoms. The van der Waals surface area contributed by atoms with Crippen LogP contribution >= 0.6 is 11.6 Å². The van der Waals surface area contributed by atoms with Gasteiger partial charge in [0.25, 0.3) is 5.91 Å². The van der Waals surface area contributed by atoms with Crippen LogP contribution in [0.15, 0.2) is 41.1 Å². The molecule has 0 unspecified atom stereocenters. The Morgan fingerprint density at radius 3 is 2.81 bits per heavy atom. The van der Waals surface area contributed by atoms with Crippen LogP contribution in [0, 0.1) is 0 Å². The Hall–Kier alpha value is -2.67. The van der Waals surface area contributed by atoms with Crippen molar-refractivity contribution in [3.8, 4) is 11.4 Å². The van der Waals surface area contributed by atoms with E-state index in [0.717, 1.165) is 5.56 Å². The minimum absolute atomic E-state index is 0.147. The van der Waals surface area contributed by atoms with Crippen LogP contribution in [-0.2, 0) is 6.54 Å². The average Bonchev–Trinajstić information content (AvgIpc) is 3.15. The molecule has 8 heteroatoms. The molecule has 0 saturated carbocycles. The summed E-state index contributed by atoms with van der Waals surface area (Å²) in [6, 6.07) is 6.61. The lowest BCUT2D eigenvalue weighted by Gasteiger charge is -1.99. The number of nitrogens with zero attached hydrogens (tertiary/aromatic N) is 3. The van der Waals surface area contributed by atoms with E-state index < -0.39 is 0 Å². The van der Waals surface area contributed by atoms with Crippen molar-refractivity contribution >= 4 is 17.5 Å². The Morgan fingerprint density at radius 1 is 1.29 bits per heavy atom. The van der Waals surface area contributed by atoms with Gasteiger partial charge in [-0.25, -0.2) is 4.98 Å². The predicted octanol–water partition coefficient (Wildman–Crippen LogP) is 2.04. The largest absolute Gasteiger partial charge is 0.440 e. The Morgan fingerprint density at radius 2 is 2.10 bits per heavy atom. The number of aromatic nitrogens is 4. The van der Waals surface area contributed by atoms with E-state index in [9.17, 15) is 4.79 Å². The molecule has 0 saturated heterocycles. The van der Waals surface area contributed by atoms with E-state index >= 15 is 0 Å². The number of pyridine rings is 1. The lowest BCUT2D eigenvalue weighted by molar-refractivity contribution is 0.0922. The summed E-state index contributed by atoms with van der Waals surface area (Å²) < 4.78 is 5.01. The number of amides is 1. The van der Waals surface area contributed by atoms with Gasteiger partial charge in [-0.2, -0.15) is 5.10 Å². The SMILES string of the molecule is O=C(NCc1nc(-c2ccncc2)n[nH]1)c1ccc(Cl)o1. The molecule has 0 aliphatic carbocycles. The molecule has 0 bridgehead atoms. The minimum Gasteiger partial charge on any atom is -0.440 e. The molecule has 0 aromatic carbocycles. The number of carbonyl (C=O) groups is 1. The number of carbonyl (C=O) groups excluding carboxylic acids is 1. The second-order valence-electron chi connectivity index (χ2n) is 4.13. The van der Waals surface area contributed by atoms with Crippen LogP contribution in [0.4, 0.5) is 0 Å². The maximum Gasteiger partial charge on any atom is 0.287 e. The highest BCUT2D eigenvalue weighted by Crippen LogP contribution is 2.14. The summed E-state index contributed by atoms with van der Waals surface area (Å²) in [6.45, 7) is 0.204. The van der Waals surface area contributed by atoms with E-state index in [0.29, 0.717) is 11.6 Å². The highest BCUT2D eigenvalue weighted by atomic mass is 35.5. The zero-order valence-electron chi connectivity index (χ0n) is 10.7. The van der Waals surface area contributed by atoms with Gasteiger partial charge in [0.15, 0.2) is 16.8 Å². The van der Waals surface area contributed by atoms with E-state index in [1.807, 2.05) is 0 Å². The Balaban J connectivity index is 1.64. The van der Waals surface area contributed by atoms with Crippen LogP contribution in [0.5, 0.6) is 0 Å². The molecule has 21 heavy (non-hydrogen) atoms. The van der Waals surface area contributed by atoms with E-state index in [2.05, 4.69) is 25.5 Å². The number of hydrogen-bond donors (Lipinski definition) is 2. The molecule has 0 fully saturated rings. The fraction of sp³-hybridized carbons (Fsp3) is 0.0769. The standard InChI is InChI=1S/C13H10ClN5O2/c14-10-2-1-9(21-10)13(20)16-7-11-17-12(19-18-11)8-3-5-15-6-4-8/h1-6H,7H2,(H,16,20)(H,17,18,19). The smallest absolute Gasteiger partial charge is 0.287 e. The molecular weight excluding hydrogens is 294 g/mol. The van der Waals surface area contributed by atoms with Gasteiger partial charge in [0.1, 0.15) is 5.82 Å². The first-order valence-electron chi connectivity index (χ1n) is 6.07. The summed E-state index contributed by atoms with van der Waals surface area (Å²) in [5.41, 5.74) is 0.844. The second-order valence-corrected chi connectivity index (χ2v) is 4.50.